The van der Waals surface area contributed by atoms with Gasteiger partial charge in [0.1, 0.15) is 5.75 Å². The number of nitrogens with one attached hydrogen (secondary N) is 1. The molecule has 102 valence electrons. The van der Waals surface area contributed by atoms with Crippen molar-refractivity contribution >= 4 is 0 Å². The van der Waals surface area contributed by atoms with Crippen LogP contribution in [0.25, 0.3) is 0 Å². The van der Waals surface area contributed by atoms with E-state index in [1.165, 1.54) is 24.3 Å². The zero-order valence-corrected chi connectivity index (χ0v) is 10.00. The van der Waals surface area contributed by atoms with Crippen LogP contribution in [0.2, 0.25) is 0 Å². The summed E-state index contributed by atoms with van der Waals surface area (Å²) < 4.78 is 39.5. The summed E-state index contributed by atoms with van der Waals surface area (Å²) in [6.07, 6.45) is -4.84. The third kappa shape index (κ3) is 5.88. The van der Waals surface area contributed by atoms with Crippen molar-refractivity contribution in [1.82, 2.24) is 5.32 Å². The minimum atomic E-state index is -4.67. The van der Waals surface area contributed by atoms with Gasteiger partial charge in [-0.05, 0) is 30.7 Å². The number of aliphatic hydroxyl groups excluding tert-OH is 1. The van der Waals surface area contributed by atoms with Crippen LogP contribution in [0.5, 0.6) is 5.75 Å². The largest absolute Gasteiger partial charge is 0.573 e. The lowest BCUT2D eigenvalue weighted by molar-refractivity contribution is -0.274. The van der Waals surface area contributed by atoms with Gasteiger partial charge in [-0.1, -0.05) is 19.1 Å². The molecule has 0 spiro atoms. The maximum atomic E-state index is 11.9. The second-order valence-electron chi connectivity index (χ2n) is 3.86. The van der Waals surface area contributed by atoms with Gasteiger partial charge in [0, 0.05) is 6.54 Å². The quantitative estimate of drug-likeness (QED) is 0.826. The zero-order chi connectivity index (χ0) is 13.6. The van der Waals surface area contributed by atoms with E-state index >= 15 is 0 Å². The molecule has 1 aromatic carbocycles. The molecular weight excluding hydrogens is 247 g/mol. The number of rotatable bonds is 6. The molecule has 3 nitrogen and oxygen atoms in total. The van der Waals surface area contributed by atoms with Crippen LogP contribution >= 0.6 is 0 Å². The van der Waals surface area contributed by atoms with Gasteiger partial charge >= 0.3 is 6.36 Å². The Kier molecular flexibility index (Phi) is 5.43. The summed E-state index contributed by atoms with van der Waals surface area (Å²) in [5, 5.41) is 12.6. The average Bonchev–Trinajstić information content (AvgIpc) is 2.27. The topological polar surface area (TPSA) is 41.5 Å². The fourth-order valence-electron chi connectivity index (χ4n) is 1.48. The van der Waals surface area contributed by atoms with E-state index in [4.69, 9.17) is 0 Å². The smallest absolute Gasteiger partial charge is 0.406 e. The SMILES string of the molecule is CCNCC(O)Cc1ccc(OC(F)(F)F)cc1. The van der Waals surface area contributed by atoms with Crippen LogP contribution in [-0.2, 0) is 6.42 Å². The van der Waals surface area contributed by atoms with Crippen LogP contribution in [0, 0.1) is 0 Å². The summed E-state index contributed by atoms with van der Waals surface area (Å²) in [5.74, 6) is -0.257. The first-order valence-corrected chi connectivity index (χ1v) is 5.64. The van der Waals surface area contributed by atoms with E-state index in [2.05, 4.69) is 10.1 Å². The van der Waals surface area contributed by atoms with Crippen molar-refractivity contribution < 1.29 is 23.0 Å². The fraction of sp³-hybridized carbons (Fsp3) is 0.500. The summed E-state index contributed by atoms with van der Waals surface area (Å²) in [7, 11) is 0. The number of halogens is 3. The van der Waals surface area contributed by atoms with Crippen molar-refractivity contribution in [3.05, 3.63) is 29.8 Å². The first-order chi connectivity index (χ1) is 8.40. The molecule has 0 bridgehead atoms. The highest BCUT2D eigenvalue weighted by Crippen LogP contribution is 2.22. The van der Waals surface area contributed by atoms with Crippen molar-refractivity contribution in [1.29, 1.82) is 0 Å². The monoisotopic (exact) mass is 263 g/mol. The number of likely N-dealkylation sites (N-methyl/N-ethyl adjacent to an activating group) is 1. The van der Waals surface area contributed by atoms with Crippen molar-refractivity contribution in [3.8, 4) is 5.75 Å². The summed E-state index contributed by atoms with van der Waals surface area (Å²) in [6, 6.07) is 5.50. The van der Waals surface area contributed by atoms with Gasteiger partial charge in [-0.15, -0.1) is 13.2 Å². The van der Waals surface area contributed by atoms with Gasteiger partial charge in [0.15, 0.2) is 0 Å². The van der Waals surface area contributed by atoms with Crippen LogP contribution in [0.4, 0.5) is 13.2 Å². The summed E-state index contributed by atoms with van der Waals surface area (Å²) >= 11 is 0. The second kappa shape index (κ2) is 6.61. The molecule has 0 radical (unpaired) electrons. The lowest BCUT2D eigenvalue weighted by Crippen LogP contribution is -2.28. The molecule has 6 heteroatoms. The number of ether oxygens (including phenoxy) is 1. The predicted octanol–water partition coefficient (Wildman–Crippen LogP) is 2.10. The fourth-order valence-corrected chi connectivity index (χ4v) is 1.48. The van der Waals surface area contributed by atoms with E-state index in [0.717, 1.165) is 12.1 Å². The third-order valence-corrected chi connectivity index (χ3v) is 2.26. The van der Waals surface area contributed by atoms with Gasteiger partial charge < -0.3 is 15.2 Å². The Labute approximate surface area is 104 Å². The Hall–Kier alpha value is -1.27. The van der Waals surface area contributed by atoms with Gasteiger partial charge in [-0.2, -0.15) is 0 Å². The lowest BCUT2D eigenvalue weighted by atomic mass is 10.1. The first-order valence-electron chi connectivity index (χ1n) is 5.64. The molecule has 1 atom stereocenters. The minimum absolute atomic E-state index is 0.257. The maximum absolute atomic E-state index is 11.9. The van der Waals surface area contributed by atoms with E-state index in [1.54, 1.807) is 0 Å². The second-order valence-corrected chi connectivity index (χ2v) is 3.86. The number of aliphatic hydroxyl groups is 1. The van der Waals surface area contributed by atoms with Crippen LogP contribution in [0.1, 0.15) is 12.5 Å². The van der Waals surface area contributed by atoms with Gasteiger partial charge in [0.05, 0.1) is 6.10 Å². The van der Waals surface area contributed by atoms with E-state index in [9.17, 15) is 18.3 Å². The van der Waals surface area contributed by atoms with Gasteiger partial charge in [0.2, 0.25) is 0 Å². The summed E-state index contributed by atoms with van der Waals surface area (Å²) in [6.45, 7) is 3.14. The standard InChI is InChI=1S/C12H16F3NO2/c1-2-16-8-10(17)7-9-3-5-11(6-4-9)18-12(13,14)15/h3-6,10,16-17H,2,7-8H2,1H3. The van der Waals surface area contributed by atoms with E-state index in [-0.39, 0.29) is 5.75 Å². The first kappa shape index (κ1) is 14.8. The number of hydrogen-bond acceptors (Lipinski definition) is 3. The Morgan fingerprint density at radius 2 is 1.89 bits per heavy atom. The van der Waals surface area contributed by atoms with Crippen molar-refractivity contribution in [2.75, 3.05) is 13.1 Å². The highest BCUT2D eigenvalue weighted by molar-refractivity contribution is 5.27. The molecule has 0 fully saturated rings. The molecule has 0 heterocycles. The molecule has 1 unspecified atom stereocenters. The molecule has 18 heavy (non-hydrogen) atoms. The van der Waals surface area contributed by atoms with Crippen molar-refractivity contribution in [3.63, 3.8) is 0 Å². The Bertz CT molecular complexity index is 351. The van der Waals surface area contributed by atoms with Crippen molar-refractivity contribution in [2.24, 2.45) is 0 Å². The molecule has 0 aliphatic heterocycles. The predicted molar refractivity (Wildman–Crippen MR) is 61.4 cm³/mol. The number of alkyl halides is 3. The van der Waals surface area contributed by atoms with Gasteiger partial charge in [-0.3, -0.25) is 0 Å². The normalized spacial score (nSPS) is 13.4. The van der Waals surface area contributed by atoms with Gasteiger partial charge in [-0.25, -0.2) is 0 Å². The molecule has 0 aromatic heterocycles. The molecular formula is C12H16F3NO2. The highest BCUT2D eigenvalue weighted by atomic mass is 19.4. The number of benzene rings is 1. The minimum Gasteiger partial charge on any atom is -0.406 e. The molecule has 0 amide bonds. The van der Waals surface area contributed by atoms with Crippen LogP contribution in [0.3, 0.4) is 0 Å². The lowest BCUT2D eigenvalue weighted by Gasteiger charge is -2.12. The zero-order valence-electron chi connectivity index (χ0n) is 10.00. The van der Waals surface area contributed by atoms with E-state index in [0.29, 0.717) is 13.0 Å². The maximum Gasteiger partial charge on any atom is 0.573 e. The number of hydrogen-bond donors (Lipinski definition) is 2. The summed E-state index contributed by atoms with van der Waals surface area (Å²) in [5.41, 5.74) is 0.759. The Morgan fingerprint density at radius 3 is 2.39 bits per heavy atom. The molecule has 0 aliphatic carbocycles. The van der Waals surface area contributed by atoms with Crippen molar-refractivity contribution in [2.45, 2.75) is 25.8 Å². The van der Waals surface area contributed by atoms with Crippen LogP contribution in [0.15, 0.2) is 24.3 Å². The third-order valence-electron chi connectivity index (χ3n) is 2.26. The molecule has 0 saturated carbocycles. The Balaban J connectivity index is 2.50. The molecule has 2 N–H and O–H groups in total. The average molecular weight is 263 g/mol. The van der Waals surface area contributed by atoms with E-state index < -0.39 is 12.5 Å². The molecule has 1 aromatic rings. The highest BCUT2D eigenvalue weighted by Gasteiger charge is 2.30. The van der Waals surface area contributed by atoms with Crippen LogP contribution < -0.4 is 10.1 Å². The Morgan fingerprint density at radius 1 is 1.28 bits per heavy atom. The summed E-state index contributed by atoms with van der Waals surface area (Å²) in [4.78, 5) is 0. The molecule has 1 rings (SSSR count). The molecule has 0 aliphatic rings. The molecule has 0 saturated heterocycles. The van der Waals surface area contributed by atoms with Gasteiger partial charge in [0.25, 0.3) is 0 Å². The van der Waals surface area contributed by atoms with E-state index in [1.807, 2.05) is 6.92 Å². The van der Waals surface area contributed by atoms with Crippen LogP contribution in [-0.4, -0.2) is 30.7 Å².